The van der Waals surface area contributed by atoms with Gasteiger partial charge in [-0.3, -0.25) is 14.6 Å². The van der Waals surface area contributed by atoms with Crippen LogP contribution in [0.5, 0.6) is 0 Å². The minimum Gasteiger partial charge on any atom is -0.360 e. The number of nitrogens with one attached hydrogen (secondary N) is 2. The lowest BCUT2D eigenvalue weighted by molar-refractivity contribution is 0.0952. The average Bonchev–Trinajstić information content (AvgIpc) is 2.44. The standard InChI is InChI=1S/C14H17N3O2/c1-2-3-4-6-16-14(19)11-9-17-12-5-7-15-8-10(12)13(11)18/h5,7-9H,2-4,6H2,1H3,(H,16,19)(H,17,18). The van der Waals surface area contributed by atoms with Crippen molar-refractivity contribution in [2.24, 2.45) is 0 Å². The summed E-state index contributed by atoms with van der Waals surface area (Å²) >= 11 is 0. The lowest BCUT2D eigenvalue weighted by Gasteiger charge is -2.05. The van der Waals surface area contributed by atoms with E-state index in [0.29, 0.717) is 17.4 Å². The van der Waals surface area contributed by atoms with Crippen LogP contribution in [-0.4, -0.2) is 22.4 Å². The molecule has 5 heteroatoms. The van der Waals surface area contributed by atoms with E-state index in [1.54, 1.807) is 12.3 Å². The van der Waals surface area contributed by atoms with Crippen molar-refractivity contribution < 1.29 is 4.79 Å². The van der Waals surface area contributed by atoms with Gasteiger partial charge < -0.3 is 10.3 Å². The van der Waals surface area contributed by atoms with E-state index >= 15 is 0 Å². The Morgan fingerprint density at radius 3 is 3.05 bits per heavy atom. The second-order valence-electron chi connectivity index (χ2n) is 4.42. The molecule has 2 aromatic heterocycles. The molecule has 2 rings (SSSR count). The van der Waals surface area contributed by atoms with Crippen LogP contribution in [0.25, 0.3) is 10.9 Å². The molecule has 0 aliphatic heterocycles. The predicted molar refractivity (Wildman–Crippen MR) is 74.2 cm³/mol. The molecule has 0 unspecified atom stereocenters. The van der Waals surface area contributed by atoms with Crippen molar-refractivity contribution in [2.75, 3.05) is 6.54 Å². The highest BCUT2D eigenvalue weighted by Crippen LogP contribution is 2.05. The van der Waals surface area contributed by atoms with Gasteiger partial charge in [-0.15, -0.1) is 0 Å². The number of aromatic amines is 1. The molecule has 0 fully saturated rings. The Bertz CT molecular complexity index is 634. The fourth-order valence-electron chi connectivity index (χ4n) is 1.90. The highest BCUT2D eigenvalue weighted by atomic mass is 16.2. The Morgan fingerprint density at radius 2 is 2.26 bits per heavy atom. The number of hydrogen-bond donors (Lipinski definition) is 2. The maximum absolute atomic E-state index is 12.1. The van der Waals surface area contributed by atoms with Gasteiger partial charge in [-0.25, -0.2) is 0 Å². The predicted octanol–water partition coefficient (Wildman–Crippen LogP) is 1.84. The van der Waals surface area contributed by atoms with E-state index in [9.17, 15) is 9.59 Å². The molecule has 100 valence electrons. The highest BCUT2D eigenvalue weighted by Gasteiger charge is 2.12. The molecule has 2 heterocycles. The van der Waals surface area contributed by atoms with Crippen LogP contribution in [0.3, 0.4) is 0 Å². The van der Waals surface area contributed by atoms with Crippen LogP contribution in [0.4, 0.5) is 0 Å². The third kappa shape index (κ3) is 2.99. The Hall–Kier alpha value is -2.17. The summed E-state index contributed by atoms with van der Waals surface area (Å²) in [4.78, 5) is 30.9. The average molecular weight is 259 g/mol. The van der Waals surface area contributed by atoms with Crippen molar-refractivity contribution in [1.29, 1.82) is 0 Å². The van der Waals surface area contributed by atoms with Crippen LogP contribution in [0, 0.1) is 0 Å². The van der Waals surface area contributed by atoms with Crippen LogP contribution < -0.4 is 10.7 Å². The summed E-state index contributed by atoms with van der Waals surface area (Å²) < 4.78 is 0. The van der Waals surface area contributed by atoms with E-state index in [2.05, 4.69) is 22.2 Å². The van der Waals surface area contributed by atoms with Gasteiger partial charge in [-0.2, -0.15) is 0 Å². The smallest absolute Gasteiger partial charge is 0.256 e. The SMILES string of the molecule is CCCCCNC(=O)c1c[nH]c2ccncc2c1=O. The molecular formula is C14H17N3O2. The van der Waals surface area contributed by atoms with E-state index in [4.69, 9.17) is 0 Å². The maximum Gasteiger partial charge on any atom is 0.256 e. The number of nitrogens with zero attached hydrogens (tertiary/aromatic N) is 1. The van der Waals surface area contributed by atoms with Crippen LogP contribution in [-0.2, 0) is 0 Å². The van der Waals surface area contributed by atoms with E-state index in [0.717, 1.165) is 19.3 Å². The number of carbonyl (C=O) groups is 1. The van der Waals surface area contributed by atoms with Gasteiger partial charge in [0, 0.05) is 25.1 Å². The molecule has 1 amide bonds. The van der Waals surface area contributed by atoms with Gasteiger partial charge in [0.1, 0.15) is 5.56 Å². The largest absolute Gasteiger partial charge is 0.360 e. The number of unbranched alkanes of at least 4 members (excludes halogenated alkanes) is 2. The number of hydrogen-bond acceptors (Lipinski definition) is 3. The summed E-state index contributed by atoms with van der Waals surface area (Å²) in [7, 11) is 0. The van der Waals surface area contributed by atoms with Gasteiger partial charge in [0.05, 0.1) is 10.9 Å². The number of amides is 1. The summed E-state index contributed by atoms with van der Waals surface area (Å²) in [5, 5.41) is 3.19. The first-order valence-electron chi connectivity index (χ1n) is 6.47. The van der Waals surface area contributed by atoms with E-state index in [-0.39, 0.29) is 16.9 Å². The minimum atomic E-state index is -0.330. The Labute approximate surface area is 111 Å². The lowest BCUT2D eigenvalue weighted by Crippen LogP contribution is -2.29. The van der Waals surface area contributed by atoms with Crippen molar-refractivity contribution >= 4 is 16.8 Å². The van der Waals surface area contributed by atoms with Crippen LogP contribution in [0.1, 0.15) is 36.5 Å². The molecule has 0 aliphatic carbocycles. The zero-order valence-electron chi connectivity index (χ0n) is 10.9. The molecular weight excluding hydrogens is 242 g/mol. The van der Waals surface area contributed by atoms with Gasteiger partial charge in [-0.05, 0) is 12.5 Å². The van der Waals surface area contributed by atoms with Crippen molar-refractivity contribution in [3.8, 4) is 0 Å². The van der Waals surface area contributed by atoms with E-state index < -0.39 is 0 Å². The number of rotatable bonds is 5. The van der Waals surface area contributed by atoms with Crippen LogP contribution in [0.2, 0.25) is 0 Å². The molecule has 0 atom stereocenters. The number of H-pyrrole nitrogens is 1. The van der Waals surface area contributed by atoms with Gasteiger partial charge in [0.15, 0.2) is 0 Å². The minimum absolute atomic E-state index is 0.136. The quantitative estimate of drug-likeness (QED) is 0.804. The first-order valence-corrected chi connectivity index (χ1v) is 6.47. The molecule has 0 spiro atoms. The third-order valence-corrected chi connectivity index (χ3v) is 2.99. The summed E-state index contributed by atoms with van der Waals surface area (Å²) in [5.74, 6) is -0.330. The first-order chi connectivity index (χ1) is 9.24. The zero-order chi connectivity index (χ0) is 13.7. The van der Waals surface area contributed by atoms with Crippen molar-refractivity contribution in [3.63, 3.8) is 0 Å². The molecule has 0 saturated carbocycles. The molecule has 0 saturated heterocycles. The lowest BCUT2D eigenvalue weighted by atomic mass is 10.2. The van der Waals surface area contributed by atoms with Crippen LogP contribution in [0.15, 0.2) is 29.5 Å². The summed E-state index contributed by atoms with van der Waals surface area (Å²) in [6, 6.07) is 1.71. The molecule has 0 radical (unpaired) electrons. The van der Waals surface area contributed by atoms with E-state index in [1.165, 1.54) is 12.4 Å². The first kappa shape index (κ1) is 13.3. The van der Waals surface area contributed by atoms with Gasteiger partial charge in [0.25, 0.3) is 5.91 Å². The second kappa shape index (κ2) is 6.13. The van der Waals surface area contributed by atoms with Crippen molar-refractivity contribution in [1.82, 2.24) is 15.3 Å². The topological polar surface area (TPSA) is 74.8 Å². The molecule has 0 aliphatic rings. The number of carbonyl (C=O) groups excluding carboxylic acids is 1. The summed E-state index contributed by atoms with van der Waals surface area (Å²) in [5.41, 5.74) is 0.536. The molecule has 0 aromatic carbocycles. The van der Waals surface area contributed by atoms with Crippen molar-refractivity contribution in [2.45, 2.75) is 26.2 Å². The Kier molecular flexibility index (Phi) is 4.28. The number of fused-ring (bicyclic) bond motifs is 1. The summed E-state index contributed by atoms with van der Waals surface area (Å²) in [6.45, 7) is 2.69. The summed E-state index contributed by atoms with van der Waals surface area (Å²) in [6.07, 6.45) is 7.62. The van der Waals surface area contributed by atoms with Crippen LogP contribution >= 0.6 is 0 Å². The Morgan fingerprint density at radius 1 is 1.42 bits per heavy atom. The second-order valence-corrected chi connectivity index (χ2v) is 4.42. The molecule has 19 heavy (non-hydrogen) atoms. The monoisotopic (exact) mass is 259 g/mol. The highest BCUT2D eigenvalue weighted by molar-refractivity contribution is 5.96. The third-order valence-electron chi connectivity index (χ3n) is 2.99. The van der Waals surface area contributed by atoms with Gasteiger partial charge in [0.2, 0.25) is 5.43 Å². The van der Waals surface area contributed by atoms with Crippen molar-refractivity contribution in [3.05, 3.63) is 40.4 Å². The molecule has 2 aromatic rings. The fraction of sp³-hybridized carbons (Fsp3) is 0.357. The van der Waals surface area contributed by atoms with Gasteiger partial charge >= 0.3 is 0 Å². The maximum atomic E-state index is 12.1. The molecule has 0 bridgehead atoms. The van der Waals surface area contributed by atoms with Gasteiger partial charge in [-0.1, -0.05) is 19.8 Å². The fourth-order valence-corrected chi connectivity index (χ4v) is 1.90. The molecule has 2 N–H and O–H groups in total. The zero-order valence-corrected chi connectivity index (χ0v) is 10.9. The number of pyridine rings is 2. The Balaban J connectivity index is 2.18. The normalized spacial score (nSPS) is 10.6. The molecule has 5 nitrogen and oxygen atoms in total. The van der Waals surface area contributed by atoms with E-state index in [1.807, 2.05) is 0 Å². The number of aromatic nitrogens is 2.